The van der Waals surface area contributed by atoms with Crippen LogP contribution in [0.1, 0.15) is 65.7 Å². The first-order valence-corrected chi connectivity index (χ1v) is 7.98. The molecule has 0 aromatic heterocycles. The molecular formula is C16H30N2O. The number of hydrogen-bond acceptors (Lipinski definition) is 2. The van der Waals surface area contributed by atoms with Crippen molar-refractivity contribution in [3.63, 3.8) is 0 Å². The van der Waals surface area contributed by atoms with Gasteiger partial charge in [0.15, 0.2) is 0 Å². The summed E-state index contributed by atoms with van der Waals surface area (Å²) in [5, 5.41) is 3.34. The molecule has 2 fully saturated rings. The third kappa shape index (κ3) is 3.31. The molecule has 0 aromatic rings. The Balaban J connectivity index is 1.96. The summed E-state index contributed by atoms with van der Waals surface area (Å²) in [5.41, 5.74) is 6.36. The van der Waals surface area contributed by atoms with Crippen LogP contribution in [0.25, 0.3) is 0 Å². The first-order chi connectivity index (χ1) is 8.92. The number of carbonyl (C=O) groups excluding carboxylic acids is 1. The molecule has 0 heterocycles. The Hall–Kier alpha value is -0.570. The van der Waals surface area contributed by atoms with Gasteiger partial charge >= 0.3 is 0 Å². The van der Waals surface area contributed by atoms with Crippen molar-refractivity contribution in [3.05, 3.63) is 0 Å². The molecule has 0 bridgehead atoms. The van der Waals surface area contributed by atoms with Gasteiger partial charge in [-0.05, 0) is 37.0 Å². The minimum absolute atomic E-state index is 0.126. The molecule has 2 saturated carbocycles. The largest absolute Gasteiger partial charge is 0.353 e. The van der Waals surface area contributed by atoms with Gasteiger partial charge in [-0.25, -0.2) is 0 Å². The summed E-state index contributed by atoms with van der Waals surface area (Å²) < 4.78 is 0. The van der Waals surface area contributed by atoms with E-state index in [-0.39, 0.29) is 23.3 Å². The van der Waals surface area contributed by atoms with Gasteiger partial charge in [0, 0.05) is 18.0 Å². The van der Waals surface area contributed by atoms with E-state index in [1.165, 1.54) is 19.3 Å². The van der Waals surface area contributed by atoms with Crippen LogP contribution in [0.5, 0.6) is 0 Å². The molecule has 3 N–H and O–H groups in total. The summed E-state index contributed by atoms with van der Waals surface area (Å²) in [6.45, 7) is 6.71. The molecule has 110 valence electrons. The fourth-order valence-corrected chi connectivity index (χ4v) is 3.81. The summed E-state index contributed by atoms with van der Waals surface area (Å²) in [6.07, 6.45) is 8.06. The fourth-order valence-electron chi connectivity index (χ4n) is 3.81. The number of carbonyl (C=O) groups is 1. The van der Waals surface area contributed by atoms with E-state index in [1.54, 1.807) is 0 Å². The zero-order valence-corrected chi connectivity index (χ0v) is 12.7. The van der Waals surface area contributed by atoms with E-state index in [9.17, 15) is 4.79 Å². The zero-order chi connectivity index (χ0) is 14.0. The van der Waals surface area contributed by atoms with E-state index in [2.05, 4.69) is 26.1 Å². The highest BCUT2D eigenvalue weighted by molar-refractivity contribution is 5.79. The molecule has 0 aromatic carbocycles. The fraction of sp³-hybridized carbons (Fsp3) is 0.938. The van der Waals surface area contributed by atoms with Crippen LogP contribution in [-0.4, -0.2) is 18.0 Å². The number of amides is 1. The number of nitrogens with one attached hydrogen (secondary N) is 1. The Morgan fingerprint density at radius 1 is 1.16 bits per heavy atom. The molecule has 3 nitrogen and oxygen atoms in total. The average Bonchev–Trinajstić information content (AvgIpc) is 2.35. The maximum atomic E-state index is 12.5. The van der Waals surface area contributed by atoms with E-state index in [0.717, 1.165) is 25.7 Å². The molecule has 1 amide bonds. The quantitative estimate of drug-likeness (QED) is 0.807. The summed E-state index contributed by atoms with van der Waals surface area (Å²) in [6, 6.07) is 0.544. The van der Waals surface area contributed by atoms with Gasteiger partial charge in [0.05, 0.1) is 0 Å². The van der Waals surface area contributed by atoms with Crippen LogP contribution in [0.2, 0.25) is 0 Å². The molecule has 2 rings (SSSR count). The van der Waals surface area contributed by atoms with Gasteiger partial charge in [0.2, 0.25) is 5.91 Å². The highest BCUT2D eigenvalue weighted by atomic mass is 16.2. The van der Waals surface area contributed by atoms with E-state index >= 15 is 0 Å². The van der Waals surface area contributed by atoms with Gasteiger partial charge < -0.3 is 11.1 Å². The molecule has 0 spiro atoms. The van der Waals surface area contributed by atoms with Gasteiger partial charge in [0.1, 0.15) is 0 Å². The lowest BCUT2D eigenvalue weighted by Crippen LogP contribution is -2.51. The first kappa shape index (κ1) is 14.8. The molecule has 3 heteroatoms. The minimum Gasteiger partial charge on any atom is -0.353 e. The summed E-state index contributed by atoms with van der Waals surface area (Å²) >= 11 is 0. The van der Waals surface area contributed by atoms with Crippen LogP contribution in [-0.2, 0) is 4.79 Å². The predicted molar refractivity (Wildman–Crippen MR) is 78.7 cm³/mol. The molecule has 4 unspecified atom stereocenters. The highest BCUT2D eigenvalue weighted by Crippen LogP contribution is 2.36. The summed E-state index contributed by atoms with van der Waals surface area (Å²) in [7, 11) is 0. The smallest absolute Gasteiger partial charge is 0.223 e. The van der Waals surface area contributed by atoms with E-state index < -0.39 is 0 Å². The Labute approximate surface area is 117 Å². The Morgan fingerprint density at radius 2 is 1.89 bits per heavy atom. The third-order valence-corrected chi connectivity index (χ3v) is 5.52. The molecule has 2 aliphatic rings. The van der Waals surface area contributed by atoms with Gasteiger partial charge in [-0.2, -0.15) is 0 Å². The zero-order valence-electron chi connectivity index (χ0n) is 12.7. The van der Waals surface area contributed by atoms with Crippen molar-refractivity contribution >= 4 is 5.91 Å². The van der Waals surface area contributed by atoms with Crippen LogP contribution in [0, 0.1) is 17.3 Å². The number of nitrogens with two attached hydrogens (primary N) is 1. The Morgan fingerprint density at radius 3 is 2.58 bits per heavy atom. The number of hydrogen-bond donors (Lipinski definition) is 2. The first-order valence-electron chi connectivity index (χ1n) is 7.98. The van der Waals surface area contributed by atoms with Crippen LogP contribution in [0.15, 0.2) is 0 Å². The van der Waals surface area contributed by atoms with Crippen LogP contribution >= 0.6 is 0 Å². The second-order valence-corrected chi connectivity index (χ2v) is 7.36. The second kappa shape index (κ2) is 5.82. The van der Waals surface area contributed by atoms with E-state index in [4.69, 9.17) is 5.73 Å². The highest BCUT2D eigenvalue weighted by Gasteiger charge is 2.37. The lowest BCUT2D eigenvalue weighted by Gasteiger charge is -2.41. The Kier molecular flexibility index (Phi) is 4.54. The molecule has 2 aliphatic carbocycles. The normalized spacial score (nSPS) is 38.7. The van der Waals surface area contributed by atoms with Crippen LogP contribution in [0.4, 0.5) is 0 Å². The van der Waals surface area contributed by atoms with Gasteiger partial charge in [-0.1, -0.05) is 40.0 Å². The summed E-state index contributed by atoms with van der Waals surface area (Å²) in [5.74, 6) is 0.699. The molecule has 0 radical (unpaired) electrons. The van der Waals surface area contributed by atoms with Crippen LogP contribution in [0.3, 0.4) is 0 Å². The second-order valence-electron chi connectivity index (χ2n) is 7.36. The predicted octanol–water partition coefficient (Wildman–Crippen LogP) is 2.83. The van der Waals surface area contributed by atoms with Gasteiger partial charge in [0.25, 0.3) is 0 Å². The molecule has 0 saturated heterocycles. The average molecular weight is 266 g/mol. The monoisotopic (exact) mass is 266 g/mol. The van der Waals surface area contributed by atoms with E-state index in [1.807, 2.05) is 0 Å². The summed E-state index contributed by atoms with van der Waals surface area (Å²) in [4.78, 5) is 12.5. The molecule has 4 atom stereocenters. The van der Waals surface area contributed by atoms with Crippen LogP contribution < -0.4 is 11.1 Å². The SMILES string of the molecule is CC1C(N)CCCC1C(=O)NC1CCCCC1(C)C. The molecular weight excluding hydrogens is 236 g/mol. The number of rotatable bonds is 2. The lowest BCUT2D eigenvalue weighted by molar-refractivity contribution is -0.129. The van der Waals surface area contributed by atoms with Crippen molar-refractivity contribution < 1.29 is 4.79 Å². The standard InChI is InChI=1S/C16H30N2O/c1-11-12(7-6-8-13(11)17)15(19)18-14-9-4-5-10-16(14,2)3/h11-14H,4-10,17H2,1-3H3,(H,18,19). The van der Waals surface area contributed by atoms with Crippen molar-refractivity contribution in [2.24, 2.45) is 23.0 Å². The van der Waals surface area contributed by atoms with Crippen molar-refractivity contribution in [3.8, 4) is 0 Å². The molecule has 19 heavy (non-hydrogen) atoms. The Bertz CT molecular complexity index is 327. The lowest BCUT2D eigenvalue weighted by atomic mass is 9.72. The molecule has 0 aliphatic heterocycles. The van der Waals surface area contributed by atoms with Crippen molar-refractivity contribution in [1.29, 1.82) is 0 Å². The maximum absolute atomic E-state index is 12.5. The minimum atomic E-state index is 0.126. The maximum Gasteiger partial charge on any atom is 0.223 e. The van der Waals surface area contributed by atoms with Crippen molar-refractivity contribution in [1.82, 2.24) is 5.32 Å². The van der Waals surface area contributed by atoms with Gasteiger partial charge in [-0.3, -0.25) is 4.79 Å². The van der Waals surface area contributed by atoms with Crippen molar-refractivity contribution in [2.75, 3.05) is 0 Å². The van der Waals surface area contributed by atoms with E-state index in [0.29, 0.717) is 12.0 Å². The third-order valence-electron chi connectivity index (χ3n) is 5.52. The van der Waals surface area contributed by atoms with Gasteiger partial charge in [-0.15, -0.1) is 0 Å². The van der Waals surface area contributed by atoms with Crippen molar-refractivity contribution in [2.45, 2.75) is 77.8 Å². The topological polar surface area (TPSA) is 55.1 Å².